The molecule has 23 heavy (non-hydrogen) atoms. The Labute approximate surface area is 138 Å². The fraction of sp³-hybridized carbons (Fsp3) is 0.375. The summed E-state index contributed by atoms with van der Waals surface area (Å²) in [6.07, 6.45) is 3.19. The van der Waals surface area contributed by atoms with E-state index < -0.39 is 11.6 Å². The summed E-state index contributed by atoms with van der Waals surface area (Å²) in [5.74, 6) is -0.304. The summed E-state index contributed by atoms with van der Waals surface area (Å²) >= 11 is 5.87. The van der Waals surface area contributed by atoms with E-state index in [1.807, 2.05) is 6.92 Å². The van der Waals surface area contributed by atoms with Gasteiger partial charge in [-0.05, 0) is 13.0 Å². The first-order chi connectivity index (χ1) is 11.0. The standard InChI is InChI=1S/C16H17ClF2N4/c1-11(13-3-2-12(18)8-14(13)19)22-4-6-23(7-5-22)16-10-20-9-15(17)21-16/h2-3,8-11H,4-7H2,1H3. The van der Waals surface area contributed by atoms with Crippen LogP contribution in [0.25, 0.3) is 0 Å². The molecule has 1 aliphatic rings. The molecule has 1 saturated heterocycles. The summed E-state index contributed by atoms with van der Waals surface area (Å²) in [6, 6.07) is 3.64. The van der Waals surface area contributed by atoms with Gasteiger partial charge in [-0.25, -0.2) is 13.8 Å². The average molecular weight is 339 g/mol. The van der Waals surface area contributed by atoms with Crippen molar-refractivity contribution < 1.29 is 8.78 Å². The summed E-state index contributed by atoms with van der Waals surface area (Å²) in [6.45, 7) is 4.95. The Balaban J connectivity index is 1.66. The van der Waals surface area contributed by atoms with Crippen LogP contribution in [0.1, 0.15) is 18.5 Å². The molecule has 0 saturated carbocycles. The minimum absolute atomic E-state index is 0.108. The maximum Gasteiger partial charge on any atom is 0.149 e. The van der Waals surface area contributed by atoms with Gasteiger partial charge in [0.25, 0.3) is 0 Å². The van der Waals surface area contributed by atoms with Crippen molar-refractivity contribution in [1.82, 2.24) is 14.9 Å². The minimum atomic E-state index is -0.553. The normalized spacial score (nSPS) is 17.3. The van der Waals surface area contributed by atoms with Crippen molar-refractivity contribution in [2.45, 2.75) is 13.0 Å². The Morgan fingerprint density at radius 3 is 2.52 bits per heavy atom. The lowest BCUT2D eigenvalue weighted by Gasteiger charge is -2.38. The van der Waals surface area contributed by atoms with E-state index >= 15 is 0 Å². The molecule has 7 heteroatoms. The van der Waals surface area contributed by atoms with Gasteiger partial charge in [0.05, 0.1) is 12.4 Å². The zero-order valence-corrected chi connectivity index (χ0v) is 13.5. The number of halogens is 3. The van der Waals surface area contributed by atoms with Crippen molar-refractivity contribution in [3.05, 3.63) is 52.9 Å². The van der Waals surface area contributed by atoms with Gasteiger partial charge >= 0.3 is 0 Å². The van der Waals surface area contributed by atoms with Crippen molar-refractivity contribution in [3.63, 3.8) is 0 Å². The summed E-state index contributed by atoms with van der Waals surface area (Å²) in [5.41, 5.74) is 0.516. The number of rotatable bonds is 3. The van der Waals surface area contributed by atoms with Gasteiger partial charge in [-0.15, -0.1) is 0 Å². The Hall–Kier alpha value is -1.79. The largest absolute Gasteiger partial charge is 0.353 e. The van der Waals surface area contributed by atoms with E-state index in [-0.39, 0.29) is 6.04 Å². The number of hydrogen-bond acceptors (Lipinski definition) is 4. The van der Waals surface area contributed by atoms with Crippen LogP contribution in [0.4, 0.5) is 14.6 Å². The molecule has 1 aromatic heterocycles. The third-order valence-corrected chi connectivity index (χ3v) is 4.37. The lowest BCUT2D eigenvalue weighted by atomic mass is 10.1. The highest BCUT2D eigenvalue weighted by Gasteiger charge is 2.24. The first-order valence-electron chi connectivity index (χ1n) is 7.46. The van der Waals surface area contributed by atoms with Crippen LogP contribution in [-0.4, -0.2) is 41.0 Å². The van der Waals surface area contributed by atoms with E-state index in [0.29, 0.717) is 10.7 Å². The second-order valence-electron chi connectivity index (χ2n) is 5.56. The predicted molar refractivity (Wildman–Crippen MR) is 85.6 cm³/mol. The molecule has 0 bridgehead atoms. The Morgan fingerprint density at radius 2 is 1.87 bits per heavy atom. The Kier molecular flexibility index (Phi) is 4.73. The SMILES string of the molecule is CC(c1ccc(F)cc1F)N1CCN(c2cncc(Cl)n2)CC1. The maximum atomic E-state index is 13.9. The van der Waals surface area contributed by atoms with Gasteiger partial charge in [0.1, 0.15) is 22.6 Å². The summed E-state index contributed by atoms with van der Waals surface area (Å²) in [5, 5.41) is 0.367. The molecule has 1 atom stereocenters. The third-order valence-electron chi connectivity index (χ3n) is 4.19. The molecular weight excluding hydrogens is 322 g/mol. The minimum Gasteiger partial charge on any atom is -0.353 e. The van der Waals surface area contributed by atoms with E-state index in [9.17, 15) is 8.78 Å². The third kappa shape index (κ3) is 3.59. The molecule has 1 aromatic carbocycles. The fourth-order valence-corrected chi connectivity index (χ4v) is 3.00. The van der Waals surface area contributed by atoms with Gasteiger partial charge in [-0.1, -0.05) is 17.7 Å². The lowest BCUT2D eigenvalue weighted by molar-refractivity contribution is 0.194. The molecule has 122 valence electrons. The Morgan fingerprint density at radius 1 is 1.13 bits per heavy atom. The molecule has 2 aromatic rings. The van der Waals surface area contributed by atoms with Crippen molar-refractivity contribution in [2.75, 3.05) is 31.1 Å². The molecular formula is C16H17ClF2N4. The van der Waals surface area contributed by atoms with Crippen LogP contribution in [0.15, 0.2) is 30.6 Å². The molecule has 0 radical (unpaired) electrons. The average Bonchev–Trinajstić information content (AvgIpc) is 2.54. The number of anilines is 1. The van der Waals surface area contributed by atoms with Crippen molar-refractivity contribution in [3.8, 4) is 0 Å². The molecule has 2 heterocycles. The van der Waals surface area contributed by atoms with Gasteiger partial charge < -0.3 is 4.90 Å². The summed E-state index contributed by atoms with van der Waals surface area (Å²) in [7, 11) is 0. The van der Waals surface area contributed by atoms with Crippen molar-refractivity contribution >= 4 is 17.4 Å². The predicted octanol–water partition coefficient (Wildman–Crippen LogP) is 3.29. The highest BCUT2D eigenvalue weighted by atomic mass is 35.5. The van der Waals surface area contributed by atoms with Crippen LogP contribution >= 0.6 is 11.6 Å². The van der Waals surface area contributed by atoms with Crippen LogP contribution in [0.3, 0.4) is 0 Å². The molecule has 0 spiro atoms. The summed E-state index contributed by atoms with van der Waals surface area (Å²) in [4.78, 5) is 12.6. The molecule has 0 aliphatic carbocycles. The Bertz CT molecular complexity index is 690. The van der Waals surface area contributed by atoms with Crippen molar-refractivity contribution in [2.24, 2.45) is 0 Å². The molecule has 1 aliphatic heterocycles. The lowest BCUT2D eigenvalue weighted by Crippen LogP contribution is -2.47. The molecule has 1 unspecified atom stereocenters. The first-order valence-corrected chi connectivity index (χ1v) is 7.84. The zero-order chi connectivity index (χ0) is 16.4. The molecule has 0 N–H and O–H groups in total. The van der Waals surface area contributed by atoms with Crippen molar-refractivity contribution in [1.29, 1.82) is 0 Å². The van der Waals surface area contributed by atoms with Gasteiger partial charge in [0.15, 0.2) is 0 Å². The summed E-state index contributed by atoms with van der Waals surface area (Å²) < 4.78 is 27.0. The zero-order valence-electron chi connectivity index (χ0n) is 12.7. The van der Waals surface area contributed by atoms with E-state index in [1.54, 1.807) is 6.20 Å². The van der Waals surface area contributed by atoms with E-state index in [2.05, 4.69) is 19.8 Å². The highest BCUT2D eigenvalue weighted by molar-refractivity contribution is 6.29. The second-order valence-corrected chi connectivity index (χ2v) is 5.95. The van der Waals surface area contributed by atoms with Crippen LogP contribution < -0.4 is 4.90 Å². The fourth-order valence-electron chi connectivity index (χ4n) is 2.86. The number of hydrogen-bond donors (Lipinski definition) is 0. The van der Waals surface area contributed by atoms with Crippen LogP contribution in [0, 0.1) is 11.6 Å². The second kappa shape index (κ2) is 6.76. The van der Waals surface area contributed by atoms with Gasteiger partial charge in [-0.3, -0.25) is 9.88 Å². The number of aromatic nitrogens is 2. The molecule has 4 nitrogen and oxygen atoms in total. The maximum absolute atomic E-state index is 13.9. The number of piperazine rings is 1. The van der Waals surface area contributed by atoms with Gasteiger partial charge in [-0.2, -0.15) is 0 Å². The molecule has 0 amide bonds. The van der Waals surface area contributed by atoms with Crippen LogP contribution in [-0.2, 0) is 0 Å². The van der Waals surface area contributed by atoms with Crippen LogP contribution in [0.5, 0.6) is 0 Å². The first kappa shape index (κ1) is 16.1. The van der Waals surface area contributed by atoms with Gasteiger partial charge in [0.2, 0.25) is 0 Å². The topological polar surface area (TPSA) is 32.3 Å². The van der Waals surface area contributed by atoms with Gasteiger partial charge in [0, 0.05) is 43.9 Å². The highest BCUT2D eigenvalue weighted by Crippen LogP contribution is 2.25. The quantitative estimate of drug-likeness (QED) is 0.859. The molecule has 1 fully saturated rings. The smallest absolute Gasteiger partial charge is 0.149 e. The number of benzene rings is 1. The van der Waals surface area contributed by atoms with E-state index in [0.717, 1.165) is 38.1 Å². The van der Waals surface area contributed by atoms with E-state index in [1.165, 1.54) is 18.3 Å². The monoisotopic (exact) mass is 338 g/mol. The molecule has 3 rings (SSSR count). The van der Waals surface area contributed by atoms with E-state index in [4.69, 9.17) is 11.6 Å². The number of nitrogens with zero attached hydrogens (tertiary/aromatic N) is 4. The van der Waals surface area contributed by atoms with Crippen LogP contribution in [0.2, 0.25) is 5.15 Å².